The number of halogens is 1. The van der Waals surface area contributed by atoms with E-state index in [4.69, 9.17) is 27.8 Å². The molecule has 2 rings (SSSR count). The van der Waals surface area contributed by atoms with Crippen molar-refractivity contribution in [2.75, 3.05) is 6.61 Å². The molecule has 0 aliphatic carbocycles. The van der Waals surface area contributed by atoms with Gasteiger partial charge in [0.1, 0.15) is 23.2 Å². The number of aliphatic hydroxyl groups excluding tert-OH is 1. The Morgan fingerprint density at radius 2 is 1.95 bits per heavy atom. The van der Waals surface area contributed by atoms with Gasteiger partial charge in [-0.3, -0.25) is 0 Å². The van der Waals surface area contributed by atoms with Crippen molar-refractivity contribution in [1.29, 1.82) is 0 Å². The van der Waals surface area contributed by atoms with E-state index in [1.807, 2.05) is 18.2 Å². The molecular formula is C16H16FNO2S. The minimum Gasteiger partial charge on any atom is -0.489 e. The summed E-state index contributed by atoms with van der Waals surface area (Å²) in [7, 11) is 0. The summed E-state index contributed by atoms with van der Waals surface area (Å²) >= 11 is 4.88. The van der Waals surface area contributed by atoms with Crippen molar-refractivity contribution in [3.8, 4) is 5.75 Å². The Bertz CT molecular complexity index is 646. The van der Waals surface area contributed by atoms with E-state index < -0.39 is 0 Å². The van der Waals surface area contributed by atoms with Crippen LogP contribution in [0.25, 0.3) is 0 Å². The molecule has 0 amide bonds. The third-order valence-electron chi connectivity index (χ3n) is 3.07. The number of rotatable bonds is 6. The maximum atomic E-state index is 13.8. The van der Waals surface area contributed by atoms with Crippen molar-refractivity contribution in [2.24, 2.45) is 5.73 Å². The largest absolute Gasteiger partial charge is 0.489 e. The molecular weight excluding hydrogens is 289 g/mol. The average Bonchev–Trinajstić information content (AvgIpc) is 2.48. The second-order valence-corrected chi connectivity index (χ2v) is 4.98. The standard InChI is InChI=1S/C16H16FNO2S/c17-14-6-5-12(16(18)21)9-13(14)10-20-15-4-2-1-3-11(15)7-8-19/h1-6,9,19H,7-8,10H2,(H2,18,21). The smallest absolute Gasteiger partial charge is 0.129 e. The molecule has 3 nitrogen and oxygen atoms in total. The Hall–Kier alpha value is -1.98. The quantitative estimate of drug-likeness (QED) is 0.805. The molecule has 0 atom stereocenters. The number of aliphatic hydroxyl groups is 1. The van der Waals surface area contributed by atoms with Crippen molar-refractivity contribution in [3.63, 3.8) is 0 Å². The van der Waals surface area contributed by atoms with Crippen LogP contribution in [0.4, 0.5) is 4.39 Å². The highest BCUT2D eigenvalue weighted by Crippen LogP contribution is 2.21. The van der Waals surface area contributed by atoms with E-state index >= 15 is 0 Å². The number of thiocarbonyl (C=S) groups is 1. The molecule has 3 N–H and O–H groups in total. The van der Waals surface area contributed by atoms with Gasteiger partial charge in [-0.2, -0.15) is 0 Å². The molecule has 0 saturated heterocycles. The molecule has 0 aliphatic heterocycles. The number of para-hydroxylation sites is 1. The first-order valence-corrected chi connectivity index (χ1v) is 6.92. The molecule has 21 heavy (non-hydrogen) atoms. The van der Waals surface area contributed by atoms with Gasteiger partial charge < -0.3 is 15.6 Å². The van der Waals surface area contributed by atoms with Gasteiger partial charge in [-0.05, 0) is 36.2 Å². The van der Waals surface area contributed by atoms with Crippen molar-refractivity contribution in [3.05, 3.63) is 65.0 Å². The van der Waals surface area contributed by atoms with Crippen LogP contribution < -0.4 is 10.5 Å². The maximum Gasteiger partial charge on any atom is 0.129 e. The van der Waals surface area contributed by atoms with Gasteiger partial charge in [-0.25, -0.2) is 4.39 Å². The molecule has 0 fully saturated rings. The Balaban J connectivity index is 2.16. The Kier molecular flexibility index (Phi) is 5.25. The third kappa shape index (κ3) is 4.00. The highest BCUT2D eigenvalue weighted by molar-refractivity contribution is 7.80. The van der Waals surface area contributed by atoms with Crippen LogP contribution in [0.1, 0.15) is 16.7 Å². The fraction of sp³-hybridized carbons (Fsp3) is 0.188. The van der Waals surface area contributed by atoms with Crippen LogP contribution in [0.5, 0.6) is 5.75 Å². The van der Waals surface area contributed by atoms with Gasteiger partial charge in [-0.1, -0.05) is 30.4 Å². The second kappa shape index (κ2) is 7.15. The minimum atomic E-state index is -0.366. The number of ether oxygens (including phenoxy) is 1. The van der Waals surface area contributed by atoms with Crippen LogP contribution in [-0.2, 0) is 13.0 Å². The van der Waals surface area contributed by atoms with Gasteiger partial charge in [0.15, 0.2) is 0 Å². The molecule has 0 spiro atoms. The van der Waals surface area contributed by atoms with Crippen molar-refractivity contribution < 1.29 is 14.2 Å². The molecule has 5 heteroatoms. The molecule has 0 radical (unpaired) electrons. The molecule has 2 aromatic rings. The Morgan fingerprint density at radius 1 is 1.19 bits per heavy atom. The summed E-state index contributed by atoms with van der Waals surface area (Å²) in [5.74, 6) is 0.265. The first kappa shape index (κ1) is 15.4. The van der Waals surface area contributed by atoms with Gasteiger partial charge in [0, 0.05) is 17.7 Å². The molecule has 110 valence electrons. The summed E-state index contributed by atoms with van der Waals surface area (Å²) < 4.78 is 19.4. The summed E-state index contributed by atoms with van der Waals surface area (Å²) in [6.07, 6.45) is 0.492. The van der Waals surface area contributed by atoms with Crippen LogP contribution in [0.2, 0.25) is 0 Å². The van der Waals surface area contributed by atoms with E-state index in [2.05, 4.69) is 0 Å². The Morgan fingerprint density at radius 3 is 2.67 bits per heavy atom. The zero-order valence-electron chi connectivity index (χ0n) is 11.4. The normalized spacial score (nSPS) is 10.4. The number of hydrogen-bond acceptors (Lipinski definition) is 3. The third-order valence-corrected chi connectivity index (χ3v) is 3.30. The molecule has 0 saturated carbocycles. The maximum absolute atomic E-state index is 13.8. The fourth-order valence-electron chi connectivity index (χ4n) is 1.97. The van der Waals surface area contributed by atoms with E-state index in [1.54, 1.807) is 18.2 Å². The molecule has 0 heterocycles. The van der Waals surface area contributed by atoms with Gasteiger partial charge >= 0.3 is 0 Å². The zero-order valence-corrected chi connectivity index (χ0v) is 12.2. The van der Waals surface area contributed by atoms with Gasteiger partial charge in [0.2, 0.25) is 0 Å². The van der Waals surface area contributed by atoms with E-state index in [9.17, 15) is 4.39 Å². The van der Waals surface area contributed by atoms with Crippen LogP contribution in [0.15, 0.2) is 42.5 Å². The lowest BCUT2D eigenvalue weighted by molar-refractivity contribution is 0.281. The fourth-order valence-corrected chi connectivity index (χ4v) is 2.09. The molecule has 0 aromatic heterocycles. The highest BCUT2D eigenvalue weighted by atomic mass is 32.1. The topological polar surface area (TPSA) is 55.5 Å². The molecule has 2 aromatic carbocycles. The van der Waals surface area contributed by atoms with Crippen LogP contribution in [-0.4, -0.2) is 16.7 Å². The summed E-state index contributed by atoms with van der Waals surface area (Å²) in [6.45, 7) is 0.108. The second-order valence-electron chi connectivity index (χ2n) is 4.54. The number of nitrogens with two attached hydrogens (primary N) is 1. The minimum absolute atomic E-state index is 0.0334. The predicted octanol–water partition coefficient (Wildman–Crippen LogP) is 2.57. The summed E-state index contributed by atoms with van der Waals surface area (Å²) in [6, 6.07) is 11.8. The lowest BCUT2D eigenvalue weighted by Gasteiger charge is -2.12. The van der Waals surface area contributed by atoms with E-state index in [-0.39, 0.29) is 24.0 Å². The monoisotopic (exact) mass is 305 g/mol. The van der Waals surface area contributed by atoms with Crippen LogP contribution >= 0.6 is 12.2 Å². The Labute approximate surface area is 128 Å². The van der Waals surface area contributed by atoms with E-state index in [0.717, 1.165) is 5.56 Å². The summed E-state index contributed by atoms with van der Waals surface area (Å²) in [5, 5.41) is 9.03. The van der Waals surface area contributed by atoms with E-state index in [0.29, 0.717) is 23.3 Å². The lowest BCUT2D eigenvalue weighted by Crippen LogP contribution is -2.11. The first-order valence-electron chi connectivity index (χ1n) is 6.51. The summed E-state index contributed by atoms with van der Waals surface area (Å²) in [4.78, 5) is 0.219. The van der Waals surface area contributed by atoms with Gasteiger partial charge in [0.05, 0.1) is 0 Å². The summed E-state index contributed by atoms with van der Waals surface area (Å²) in [5.41, 5.74) is 7.42. The SMILES string of the molecule is NC(=S)c1ccc(F)c(COc2ccccc2CCO)c1. The lowest BCUT2D eigenvalue weighted by atomic mass is 10.1. The van der Waals surface area contributed by atoms with Crippen molar-refractivity contribution in [2.45, 2.75) is 13.0 Å². The molecule has 0 bridgehead atoms. The number of benzene rings is 2. The van der Waals surface area contributed by atoms with Crippen molar-refractivity contribution >= 4 is 17.2 Å². The molecule has 0 unspecified atom stereocenters. The molecule has 0 aliphatic rings. The van der Waals surface area contributed by atoms with Crippen LogP contribution in [0, 0.1) is 5.82 Å². The number of hydrogen-bond donors (Lipinski definition) is 2. The first-order chi connectivity index (χ1) is 10.1. The van der Waals surface area contributed by atoms with Crippen LogP contribution in [0.3, 0.4) is 0 Å². The van der Waals surface area contributed by atoms with Crippen molar-refractivity contribution in [1.82, 2.24) is 0 Å². The van der Waals surface area contributed by atoms with Gasteiger partial charge in [-0.15, -0.1) is 0 Å². The average molecular weight is 305 g/mol. The van der Waals surface area contributed by atoms with E-state index in [1.165, 1.54) is 6.07 Å². The van der Waals surface area contributed by atoms with Gasteiger partial charge in [0.25, 0.3) is 0 Å². The highest BCUT2D eigenvalue weighted by Gasteiger charge is 2.08. The predicted molar refractivity (Wildman–Crippen MR) is 83.9 cm³/mol. The zero-order chi connectivity index (χ0) is 15.2.